The summed E-state index contributed by atoms with van der Waals surface area (Å²) in [6.07, 6.45) is 0. The molecule has 0 bridgehead atoms. The molecule has 0 fully saturated rings. The highest BCUT2D eigenvalue weighted by Gasteiger charge is 2.14. The normalized spacial score (nSPS) is 10.1. The van der Waals surface area contributed by atoms with Gasteiger partial charge in [-0.15, -0.1) is 0 Å². The molecule has 0 unspecified atom stereocenters. The summed E-state index contributed by atoms with van der Waals surface area (Å²) < 4.78 is 10.2. The maximum Gasteiger partial charge on any atom is 0.275 e. The van der Waals surface area contributed by atoms with E-state index in [0.717, 1.165) is 11.1 Å². The minimum atomic E-state index is -0.0203. The van der Waals surface area contributed by atoms with Gasteiger partial charge in [-0.3, -0.25) is 0 Å². The lowest BCUT2D eigenvalue weighted by atomic mass is 10.1. The van der Waals surface area contributed by atoms with Gasteiger partial charge in [-0.25, -0.2) is 0 Å². The minimum absolute atomic E-state index is 0.0203. The fraction of sp³-hybridized carbons (Fsp3) is 0.231. The van der Waals surface area contributed by atoms with Crippen molar-refractivity contribution in [1.29, 1.82) is 5.26 Å². The first kappa shape index (κ1) is 12.0. The average Bonchev–Trinajstić information content (AvgIpc) is 2.69. The van der Waals surface area contributed by atoms with Crippen molar-refractivity contribution in [2.75, 3.05) is 5.73 Å². The quantitative estimate of drug-likeness (QED) is 0.894. The van der Waals surface area contributed by atoms with E-state index in [9.17, 15) is 0 Å². The van der Waals surface area contributed by atoms with Crippen LogP contribution in [0.1, 0.15) is 22.3 Å². The number of hydrogen-bond donors (Lipinski definition) is 1. The molecule has 0 spiro atoms. The third-order valence-corrected chi connectivity index (χ3v) is 2.66. The van der Waals surface area contributed by atoms with Crippen LogP contribution >= 0.6 is 0 Å². The van der Waals surface area contributed by atoms with Crippen LogP contribution < -0.4 is 10.5 Å². The molecule has 0 aliphatic heterocycles. The highest BCUT2D eigenvalue weighted by atomic mass is 16.5. The van der Waals surface area contributed by atoms with E-state index in [-0.39, 0.29) is 17.3 Å². The topological polar surface area (TPSA) is 85.1 Å². The maximum absolute atomic E-state index is 8.87. The van der Waals surface area contributed by atoms with Crippen LogP contribution in [-0.2, 0) is 6.61 Å². The van der Waals surface area contributed by atoms with E-state index in [4.69, 9.17) is 20.3 Å². The standard InChI is InChI=1S/C13H13N3O2/c1-8-3-4-10(9(2)5-8)7-17-13-11(6-14)12(15)18-16-13/h3-5H,7,15H2,1-2H3. The molecule has 2 N–H and O–H groups in total. The van der Waals surface area contributed by atoms with Gasteiger partial charge < -0.3 is 15.0 Å². The molecule has 0 saturated heterocycles. The molecule has 0 aliphatic carbocycles. The van der Waals surface area contributed by atoms with Crippen LogP contribution in [0.5, 0.6) is 5.88 Å². The molecule has 2 rings (SSSR count). The zero-order chi connectivity index (χ0) is 13.1. The lowest BCUT2D eigenvalue weighted by Gasteiger charge is -2.07. The largest absolute Gasteiger partial charge is 0.470 e. The van der Waals surface area contributed by atoms with Gasteiger partial charge in [-0.2, -0.15) is 5.26 Å². The summed E-state index contributed by atoms with van der Waals surface area (Å²) in [5.74, 6) is 0.114. The van der Waals surface area contributed by atoms with Crippen LogP contribution in [0.4, 0.5) is 5.88 Å². The number of anilines is 1. The minimum Gasteiger partial charge on any atom is -0.470 e. The highest BCUT2D eigenvalue weighted by molar-refractivity contribution is 5.51. The molecule has 92 valence electrons. The molecule has 5 heteroatoms. The molecular weight excluding hydrogens is 230 g/mol. The second-order valence-electron chi connectivity index (χ2n) is 4.06. The summed E-state index contributed by atoms with van der Waals surface area (Å²) in [4.78, 5) is 0. The molecular formula is C13H13N3O2. The van der Waals surface area contributed by atoms with E-state index < -0.39 is 0 Å². The highest BCUT2D eigenvalue weighted by Crippen LogP contribution is 2.23. The van der Waals surface area contributed by atoms with Crippen LogP contribution in [0, 0.1) is 25.2 Å². The van der Waals surface area contributed by atoms with E-state index in [1.54, 1.807) is 0 Å². The third-order valence-electron chi connectivity index (χ3n) is 2.66. The molecule has 1 aromatic heterocycles. The van der Waals surface area contributed by atoms with Crippen molar-refractivity contribution in [2.45, 2.75) is 20.5 Å². The van der Waals surface area contributed by atoms with Crippen molar-refractivity contribution in [3.05, 3.63) is 40.5 Å². The van der Waals surface area contributed by atoms with Crippen LogP contribution in [0.2, 0.25) is 0 Å². The molecule has 0 saturated carbocycles. The first-order valence-corrected chi connectivity index (χ1v) is 5.46. The van der Waals surface area contributed by atoms with Crippen LogP contribution in [0.15, 0.2) is 22.7 Å². The van der Waals surface area contributed by atoms with E-state index in [1.165, 1.54) is 5.56 Å². The first-order valence-electron chi connectivity index (χ1n) is 5.46. The van der Waals surface area contributed by atoms with E-state index in [0.29, 0.717) is 6.61 Å². The smallest absolute Gasteiger partial charge is 0.275 e. The van der Waals surface area contributed by atoms with Gasteiger partial charge in [0, 0.05) is 0 Å². The number of nitrogens with two attached hydrogens (primary N) is 1. The maximum atomic E-state index is 8.87. The Balaban J connectivity index is 2.14. The number of benzene rings is 1. The molecule has 1 aromatic carbocycles. The van der Waals surface area contributed by atoms with Gasteiger partial charge in [0.15, 0.2) is 5.56 Å². The van der Waals surface area contributed by atoms with Crippen molar-refractivity contribution in [3.63, 3.8) is 0 Å². The Morgan fingerprint density at radius 1 is 1.44 bits per heavy atom. The zero-order valence-electron chi connectivity index (χ0n) is 10.2. The lowest BCUT2D eigenvalue weighted by molar-refractivity contribution is 0.270. The van der Waals surface area contributed by atoms with E-state index >= 15 is 0 Å². The van der Waals surface area contributed by atoms with Crippen LogP contribution in [0.3, 0.4) is 0 Å². The zero-order valence-corrected chi connectivity index (χ0v) is 10.2. The summed E-state index contributed by atoms with van der Waals surface area (Å²) in [5.41, 5.74) is 8.93. The Bertz CT molecular complexity index is 611. The van der Waals surface area contributed by atoms with Crippen LogP contribution in [-0.4, -0.2) is 5.16 Å². The van der Waals surface area contributed by atoms with Crippen molar-refractivity contribution >= 4 is 5.88 Å². The Labute approximate surface area is 105 Å². The number of nitrogen functional groups attached to an aromatic ring is 1. The number of ether oxygens (including phenoxy) is 1. The number of aromatic nitrogens is 1. The third kappa shape index (κ3) is 2.28. The number of rotatable bonds is 3. The predicted octanol–water partition coefficient (Wildman–Crippen LogP) is 2.32. The van der Waals surface area contributed by atoms with Crippen LogP contribution in [0.25, 0.3) is 0 Å². The summed E-state index contributed by atoms with van der Waals surface area (Å²) in [5, 5.41) is 12.5. The molecule has 0 radical (unpaired) electrons. The van der Waals surface area contributed by atoms with Crippen molar-refractivity contribution in [3.8, 4) is 11.9 Å². The van der Waals surface area contributed by atoms with Gasteiger partial charge in [0.25, 0.3) is 5.88 Å². The number of hydrogen-bond acceptors (Lipinski definition) is 5. The fourth-order valence-corrected chi connectivity index (χ4v) is 1.64. The summed E-state index contributed by atoms with van der Waals surface area (Å²) in [7, 11) is 0. The summed E-state index contributed by atoms with van der Waals surface area (Å²) in [6, 6.07) is 7.96. The Hall–Kier alpha value is -2.48. The predicted molar refractivity (Wildman–Crippen MR) is 65.9 cm³/mol. The molecule has 2 aromatic rings. The Morgan fingerprint density at radius 3 is 2.89 bits per heavy atom. The van der Waals surface area contributed by atoms with Crippen molar-refractivity contribution < 1.29 is 9.26 Å². The summed E-state index contributed by atoms with van der Waals surface area (Å²) in [6.45, 7) is 4.37. The van der Waals surface area contributed by atoms with Crippen molar-refractivity contribution in [1.82, 2.24) is 5.16 Å². The Morgan fingerprint density at radius 2 is 2.22 bits per heavy atom. The van der Waals surface area contributed by atoms with Gasteiger partial charge in [-0.1, -0.05) is 23.8 Å². The van der Waals surface area contributed by atoms with E-state index in [1.807, 2.05) is 32.0 Å². The lowest BCUT2D eigenvalue weighted by Crippen LogP contribution is -1.99. The molecule has 0 atom stereocenters. The van der Waals surface area contributed by atoms with Gasteiger partial charge in [0.2, 0.25) is 5.88 Å². The monoisotopic (exact) mass is 243 g/mol. The molecule has 1 heterocycles. The second kappa shape index (κ2) is 4.80. The average molecular weight is 243 g/mol. The molecule has 0 amide bonds. The first-order chi connectivity index (χ1) is 8.61. The van der Waals surface area contributed by atoms with Gasteiger partial charge in [0.1, 0.15) is 12.7 Å². The fourth-order valence-electron chi connectivity index (χ4n) is 1.64. The second-order valence-corrected chi connectivity index (χ2v) is 4.06. The summed E-state index contributed by atoms with van der Waals surface area (Å²) >= 11 is 0. The number of aryl methyl sites for hydroxylation is 2. The van der Waals surface area contributed by atoms with Crippen molar-refractivity contribution in [2.24, 2.45) is 0 Å². The van der Waals surface area contributed by atoms with E-state index in [2.05, 4.69) is 11.2 Å². The van der Waals surface area contributed by atoms with Gasteiger partial charge >= 0.3 is 0 Å². The molecule has 5 nitrogen and oxygen atoms in total. The molecule has 18 heavy (non-hydrogen) atoms. The molecule has 0 aliphatic rings. The SMILES string of the molecule is Cc1ccc(COc2noc(N)c2C#N)c(C)c1. The van der Waals surface area contributed by atoms with Gasteiger partial charge in [-0.05, 0) is 30.1 Å². The Kier molecular flexibility index (Phi) is 3.20. The van der Waals surface area contributed by atoms with Gasteiger partial charge in [0.05, 0.1) is 0 Å². The number of nitrogens with zero attached hydrogens (tertiary/aromatic N) is 2. The number of nitriles is 1.